The van der Waals surface area contributed by atoms with Crippen LogP contribution in [0.25, 0.3) is 0 Å². The van der Waals surface area contributed by atoms with Gasteiger partial charge in [0.05, 0.1) is 12.3 Å². The van der Waals surface area contributed by atoms with Crippen LogP contribution in [0.15, 0.2) is 18.3 Å². The first-order valence-corrected chi connectivity index (χ1v) is 9.58. The number of hydrogen-bond acceptors (Lipinski definition) is 5. The van der Waals surface area contributed by atoms with Gasteiger partial charge in [-0.15, -0.1) is 11.3 Å². The van der Waals surface area contributed by atoms with Crippen LogP contribution in [0.1, 0.15) is 33.9 Å². The van der Waals surface area contributed by atoms with E-state index in [4.69, 9.17) is 19.7 Å². The van der Waals surface area contributed by atoms with E-state index >= 15 is 0 Å². The minimum absolute atomic E-state index is 0.431. The van der Waals surface area contributed by atoms with Crippen molar-refractivity contribution in [2.45, 2.75) is 45.6 Å². The zero-order valence-electron chi connectivity index (χ0n) is 16.0. The van der Waals surface area contributed by atoms with Gasteiger partial charge in [0, 0.05) is 60.7 Å². The molecule has 1 atom stereocenters. The van der Waals surface area contributed by atoms with Gasteiger partial charge >= 0.3 is 12.1 Å². The van der Waals surface area contributed by atoms with E-state index in [2.05, 4.69) is 37.1 Å². The van der Waals surface area contributed by atoms with Crippen LogP contribution in [0.2, 0.25) is 0 Å². The summed E-state index contributed by atoms with van der Waals surface area (Å²) in [7, 11) is 1.78. The third kappa shape index (κ3) is 6.05. The zero-order chi connectivity index (χ0) is 20.9. The van der Waals surface area contributed by atoms with Crippen LogP contribution in [0, 0.1) is 6.92 Å². The Hall–Kier alpha value is -1.91. The number of nitrogens with zero attached hydrogens (tertiary/aromatic N) is 3. The van der Waals surface area contributed by atoms with Gasteiger partial charge in [0.1, 0.15) is 0 Å². The van der Waals surface area contributed by atoms with Gasteiger partial charge in [0.25, 0.3) is 0 Å². The molecule has 2 aromatic heterocycles. The molecule has 1 aliphatic rings. The van der Waals surface area contributed by atoms with Crippen molar-refractivity contribution in [2.75, 3.05) is 20.3 Å². The number of carboxylic acids is 1. The Morgan fingerprint density at radius 1 is 1.43 bits per heavy atom. The molecule has 0 fully saturated rings. The van der Waals surface area contributed by atoms with E-state index in [1.807, 2.05) is 16.0 Å². The van der Waals surface area contributed by atoms with Gasteiger partial charge in [-0.25, -0.2) is 4.79 Å². The number of alkyl halides is 3. The van der Waals surface area contributed by atoms with Crippen LogP contribution in [-0.4, -0.2) is 52.2 Å². The lowest BCUT2D eigenvalue weighted by molar-refractivity contribution is -0.192. The molecular weight excluding hydrogens is 395 g/mol. The number of halogens is 3. The topological polar surface area (TPSA) is 67.6 Å². The number of carbonyl (C=O) groups is 1. The molecule has 0 aromatic carbocycles. The zero-order valence-corrected chi connectivity index (χ0v) is 16.8. The first kappa shape index (κ1) is 22.4. The van der Waals surface area contributed by atoms with Crippen molar-refractivity contribution >= 4 is 17.3 Å². The van der Waals surface area contributed by atoms with E-state index in [1.54, 1.807) is 7.11 Å². The Kier molecular flexibility index (Phi) is 7.62. The summed E-state index contributed by atoms with van der Waals surface area (Å²) >= 11 is 1.89. The van der Waals surface area contributed by atoms with Crippen LogP contribution in [0.4, 0.5) is 13.2 Å². The average Bonchev–Trinajstić information content (AvgIpc) is 3.20. The summed E-state index contributed by atoms with van der Waals surface area (Å²) in [6.07, 6.45) is -2.88. The van der Waals surface area contributed by atoms with E-state index in [0.29, 0.717) is 5.92 Å². The molecule has 1 aliphatic heterocycles. The van der Waals surface area contributed by atoms with Crippen LogP contribution in [0.5, 0.6) is 0 Å². The molecule has 0 radical (unpaired) electrons. The highest BCUT2D eigenvalue weighted by atomic mass is 32.1. The molecule has 156 valence electrons. The summed E-state index contributed by atoms with van der Waals surface area (Å²) in [5.41, 5.74) is 2.59. The number of carboxylic acid groups (broad SMARTS) is 1. The molecular formula is C18H24F3N3O3S. The molecule has 10 heteroatoms. The van der Waals surface area contributed by atoms with Crippen LogP contribution < -0.4 is 0 Å². The SMILES string of the molecule is CCn1cc2c(n1)CN(Cc1ccc(C)s1)CC2COC.O=C(O)C(F)(F)F. The first-order valence-electron chi connectivity index (χ1n) is 8.77. The molecule has 0 saturated carbocycles. The van der Waals surface area contributed by atoms with Gasteiger partial charge < -0.3 is 9.84 Å². The van der Waals surface area contributed by atoms with Crippen molar-refractivity contribution in [3.8, 4) is 0 Å². The summed E-state index contributed by atoms with van der Waals surface area (Å²) in [4.78, 5) is 14.2. The molecule has 3 rings (SSSR count). The predicted octanol–water partition coefficient (Wildman–Crippen LogP) is 3.65. The number of methoxy groups -OCH3 is 1. The number of aryl methyl sites for hydroxylation is 2. The van der Waals surface area contributed by atoms with E-state index in [0.717, 1.165) is 32.8 Å². The highest BCUT2D eigenvalue weighted by Gasteiger charge is 2.38. The number of ether oxygens (including phenoxy) is 1. The third-order valence-electron chi connectivity index (χ3n) is 4.27. The Morgan fingerprint density at radius 3 is 2.61 bits per heavy atom. The fourth-order valence-electron chi connectivity index (χ4n) is 3.04. The van der Waals surface area contributed by atoms with Gasteiger partial charge in [-0.1, -0.05) is 0 Å². The molecule has 28 heavy (non-hydrogen) atoms. The monoisotopic (exact) mass is 419 g/mol. The van der Waals surface area contributed by atoms with Gasteiger partial charge in [0.15, 0.2) is 0 Å². The number of rotatable bonds is 5. The smallest absolute Gasteiger partial charge is 0.475 e. The Balaban J connectivity index is 0.000000345. The normalized spacial score (nSPS) is 17.0. The number of aliphatic carboxylic acids is 1. The number of aromatic nitrogens is 2. The fraction of sp³-hybridized carbons (Fsp3) is 0.556. The van der Waals surface area contributed by atoms with Crippen molar-refractivity contribution < 1.29 is 27.8 Å². The molecule has 0 aliphatic carbocycles. The maximum absolute atomic E-state index is 10.6. The lowest BCUT2D eigenvalue weighted by Gasteiger charge is -2.31. The van der Waals surface area contributed by atoms with Crippen molar-refractivity contribution in [3.05, 3.63) is 39.3 Å². The van der Waals surface area contributed by atoms with Crippen molar-refractivity contribution in [3.63, 3.8) is 0 Å². The molecule has 6 nitrogen and oxygen atoms in total. The van der Waals surface area contributed by atoms with Gasteiger partial charge in [-0.3, -0.25) is 9.58 Å². The minimum Gasteiger partial charge on any atom is -0.475 e. The van der Waals surface area contributed by atoms with Gasteiger partial charge in [0.2, 0.25) is 0 Å². The second kappa shape index (κ2) is 9.53. The molecule has 0 spiro atoms. The maximum Gasteiger partial charge on any atom is 0.490 e. The largest absolute Gasteiger partial charge is 0.490 e. The quantitative estimate of drug-likeness (QED) is 0.801. The van der Waals surface area contributed by atoms with Gasteiger partial charge in [-0.2, -0.15) is 18.3 Å². The van der Waals surface area contributed by atoms with Crippen LogP contribution in [0.3, 0.4) is 0 Å². The number of thiophene rings is 1. The Labute approximate surface area is 165 Å². The lowest BCUT2D eigenvalue weighted by Crippen LogP contribution is -2.34. The second-order valence-corrected chi connectivity index (χ2v) is 7.90. The van der Waals surface area contributed by atoms with Crippen LogP contribution in [-0.2, 0) is 29.2 Å². The summed E-state index contributed by atoms with van der Waals surface area (Å²) in [6, 6.07) is 4.44. The first-order chi connectivity index (χ1) is 13.1. The number of hydrogen-bond donors (Lipinski definition) is 1. The minimum atomic E-state index is -5.08. The lowest BCUT2D eigenvalue weighted by atomic mass is 9.95. The van der Waals surface area contributed by atoms with Gasteiger partial charge in [-0.05, 0) is 26.0 Å². The summed E-state index contributed by atoms with van der Waals surface area (Å²) in [5, 5.41) is 11.8. The van der Waals surface area contributed by atoms with E-state index in [9.17, 15) is 13.2 Å². The molecule has 0 amide bonds. The average molecular weight is 419 g/mol. The van der Waals surface area contributed by atoms with Crippen LogP contribution >= 0.6 is 11.3 Å². The second-order valence-electron chi connectivity index (χ2n) is 6.52. The Morgan fingerprint density at radius 2 is 2.11 bits per heavy atom. The molecule has 1 unspecified atom stereocenters. The van der Waals surface area contributed by atoms with E-state index in [1.165, 1.54) is 21.0 Å². The Bertz CT molecular complexity index is 789. The molecule has 2 aromatic rings. The fourth-order valence-corrected chi connectivity index (χ4v) is 3.98. The summed E-state index contributed by atoms with van der Waals surface area (Å²) in [5.74, 6) is -2.33. The molecule has 1 N–H and O–H groups in total. The molecule has 3 heterocycles. The van der Waals surface area contributed by atoms with E-state index < -0.39 is 12.1 Å². The van der Waals surface area contributed by atoms with E-state index in [-0.39, 0.29) is 0 Å². The standard InChI is InChI=1S/C16H23N3OS.C2HF3O2/c1-4-19-9-15-13(11-20-3)7-18(10-16(15)17-19)8-14-6-5-12(2)21-14;3-2(4,5)1(6)7/h5-6,9,13H,4,7-8,10-11H2,1-3H3;(H,6,7). The maximum atomic E-state index is 10.6. The third-order valence-corrected chi connectivity index (χ3v) is 5.26. The van der Waals surface area contributed by atoms with Crippen molar-refractivity contribution in [1.82, 2.24) is 14.7 Å². The van der Waals surface area contributed by atoms with Crippen molar-refractivity contribution in [2.24, 2.45) is 0 Å². The highest BCUT2D eigenvalue weighted by Crippen LogP contribution is 2.29. The summed E-state index contributed by atoms with van der Waals surface area (Å²) < 4.78 is 39.2. The predicted molar refractivity (Wildman–Crippen MR) is 99.4 cm³/mol. The molecule has 0 saturated heterocycles. The highest BCUT2D eigenvalue weighted by molar-refractivity contribution is 7.11. The number of fused-ring (bicyclic) bond motifs is 1. The molecule has 0 bridgehead atoms. The summed E-state index contributed by atoms with van der Waals surface area (Å²) in [6.45, 7) is 9.00. The van der Waals surface area contributed by atoms with Crippen molar-refractivity contribution in [1.29, 1.82) is 0 Å².